The fourth-order valence-corrected chi connectivity index (χ4v) is 2.18. The summed E-state index contributed by atoms with van der Waals surface area (Å²) in [6, 6.07) is 12.3. The van der Waals surface area contributed by atoms with Crippen molar-refractivity contribution in [2.45, 2.75) is 6.92 Å². The minimum Gasteiger partial charge on any atom is -0.462 e. The molecule has 0 saturated carbocycles. The van der Waals surface area contributed by atoms with Gasteiger partial charge in [-0.2, -0.15) is 0 Å². The molecule has 0 aliphatic heterocycles. The summed E-state index contributed by atoms with van der Waals surface area (Å²) in [5, 5.41) is 0.189. The summed E-state index contributed by atoms with van der Waals surface area (Å²) in [7, 11) is 0. The van der Waals surface area contributed by atoms with Crippen molar-refractivity contribution >= 4 is 29.1 Å². The largest absolute Gasteiger partial charge is 0.462 e. The molecule has 0 amide bonds. The first kappa shape index (κ1) is 15.9. The molecule has 0 bridgehead atoms. The van der Waals surface area contributed by atoms with E-state index in [1.54, 1.807) is 31.2 Å². The highest BCUT2D eigenvalue weighted by Crippen LogP contribution is 2.19. The smallest absolute Gasteiger partial charge is 0.338 e. The Labute approximate surface area is 132 Å². The van der Waals surface area contributed by atoms with Gasteiger partial charge in [-0.3, -0.25) is 9.59 Å². The number of Topliss-reactive ketones (excluding diaryl/α,β-unsaturated/α-hetero) is 2. The van der Waals surface area contributed by atoms with E-state index in [2.05, 4.69) is 0 Å². The molecule has 2 aromatic rings. The maximum absolute atomic E-state index is 12.4. The van der Waals surface area contributed by atoms with Crippen LogP contribution < -0.4 is 0 Å². The van der Waals surface area contributed by atoms with Crippen molar-refractivity contribution in [3.63, 3.8) is 0 Å². The zero-order valence-electron chi connectivity index (χ0n) is 11.8. The first-order valence-electron chi connectivity index (χ1n) is 6.66. The molecule has 0 spiro atoms. The number of esters is 1. The van der Waals surface area contributed by atoms with Gasteiger partial charge in [0.25, 0.3) is 0 Å². The van der Waals surface area contributed by atoms with E-state index in [0.717, 1.165) is 0 Å². The van der Waals surface area contributed by atoms with Crippen LogP contribution in [-0.4, -0.2) is 24.1 Å². The molecule has 4 nitrogen and oxygen atoms in total. The van der Waals surface area contributed by atoms with Crippen molar-refractivity contribution in [3.8, 4) is 0 Å². The second-order valence-electron chi connectivity index (χ2n) is 4.40. The molecule has 2 rings (SSSR count). The molecule has 0 heterocycles. The van der Waals surface area contributed by atoms with Crippen LogP contribution in [0.25, 0.3) is 0 Å². The molecular formula is C17H13ClO4. The third-order valence-corrected chi connectivity index (χ3v) is 3.32. The van der Waals surface area contributed by atoms with Gasteiger partial charge in [0.15, 0.2) is 0 Å². The maximum atomic E-state index is 12.4. The predicted octanol–water partition coefficient (Wildman–Crippen LogP) is 3.58. The number of carbonyl (C=O) groups is 3. The lowest BCUT2D eigenvalue weighted by Crippen LogP contribution is -2.19. The summed E-state index contributed by atoms with van der Waals surface area (Å²) in [4.78, 5) is 36.6. The lowest BCUT2D eigenvalue weighted by Gasteiger charge is -2.08. The van der Waals surface area contributed by atoms with Crippen LogP contribution in [0.5, 0.6) is 0 Å². The summed E-state index contributed by atoms with van der Waals surface area (Å²) >= 11 is 5.94. The topological polar surface area (TPSA) is 60.4 Å². The number of carbonyl (C=O) groups excluding carboxylic acids is 3. The first-order valence-corrected chi connectivity index (χ1v) is 7.03. The van der Waals surface area contributed by atoms with Gasteiger partial charge in [0.1, 0.15) is 0 Å². The number of halogens is 1. The van der Waals surface area contributed by atoms with Gasteiger partial charge in [-0.05, 0) is 25.1 Å². The van der Waals surface area contributed by atoms with Crippen LogP contribution in [-0.2, 0) is 4.74 Å². The molecule has 0 saturated heterocycles. The van der Waals surface area contributed by atoms with Crippen molar-refractivity contribution in [1.82, 2.24) is 0 Å². The van der Waals surface area contributed by atoms with Gasteiger partial charge in [0, 0.05) is 11.1 Å². The Morgan fingerprint density at radius 2 is 1.36 bits per heavy atom. The van der Waals surface area contributed by atoms with Gasteiger partial charge < -0.3 is 4.74 Å². The lowest BCUT2D eigenvalue weighted by molar-refractivity contribution is 0.0523. The van der Waals surface area contributed by atoms with E-state index in [9.17, 15) is 14.4 Å². The van der Waals surface area contributed by atoms with Gasteiger partial charge >= 0.3 is 5.97 Å². The van der Waals surface area contributed by atoms with Crippen molar-refractivity contribution < 1.29 is 19.1 Å². The number of ether oxygens (including phenoxy) is 1. The minimum absolute atomic E-state index is 0.00543. The molecular weight excluding hydrogens is 304 g/mol. The predicted molar refractivity (Wildman–Crippen MR) is 82.5 cm³/mol. The van der Waals surface area contributed by atoms with Crippen LogP contribution in [0.4, 0.5) is 0 Å². The average molecular weight is 317 g/mol. The molecule has 112 valence electrons. The van der Waals surface area contributed by atoms with E-state index in [4.69, 9.17) is 16.3 Å². The molecule has 0 aromatic heterocycles. The third kappa shape index (κ3) is 3.23. The number of hydrogen-bond acceptors (Lipinski definition) is 4. The fraction of sp³-hybridized carbons (Fsp3) is 0.118. The molecule has 0 unspecified atom stereocenters. The SMILES string of the molecule is CCOC(=O)c1ccccc1C(=O)C(=O)c1ccccc1Cl. The van der Waals surface area contributed by atoms with Crippen molar-refractivity contribution in [1.29, 1.82) is 0 Å². The van der Waals surface area contributed by atoms with Gasteiger partial charge in [-0.25, -0.2) is 4.79 Å². The van der Waals surface area contributed by atoms with Gasteiger partial charge in [0.05, 0.1) is 17.2 Å². The molecule has 0 aliphatic carbocycles. The molecule has 0 aliphatic rings. The Hall–Kier alpha value is -2.46. The monoisotopic (exact) mass is 316 g/mol. The van der Waals surface area contributed by atoms with Crippen molar-refractivity contribution in [2.24, 2.45) is 0 Å². The van der Waals surface area contributed by atoms with Crippen LogP contribution in [0.1, 0.15) is 38.0 Å². The molecule has 22 heavy (non-hydrogen) atoms. The van der Waals surface area contributed by atoms with Gasteiger partial charge in [-0.1, -0.05) is 41.9 Å². The Morgan fingerprint density at radius 3 is 1.95 bits per heavy atom. The second-order valence-corrected chi connectivity index (χ2v) is 4.81. The second kappa shape index (κ2) is 7.00. The maximum Gasteiger partial charge on any atom is 0.338 e. The normalized spacial score (nSPS) is 10.1. The number of ketones is 2. The fourth-order valence-electron chi connectivity index (χ4n) is 1.96. The van der Waals surface area contributed by atoms with E-state index >= 15 is 0 Å². The Bertz CT molecular complexity index is 737. The van der Waals surface area contributed by atoms with E-state index in [1.807, 2.05) is 0 Å². The zero-order chi connectivity index (χ0) is 16.1. The average Bonchev–Trinajstić information content (AvgIpc) is 2.54. The van der Waals surface area contributed by atoms with E-state index in [1.165, 1.54) is 24.3 Å². The highest BCUT2D eigenvalue weighted by molar-refractivity contribution is 6.52. The number of hydrogen-bond donors (Lipinski definition) is 0. The van der Waals surface area contributed by atoms with Gasteiger partial charge in [0.2, 0.25) is 11.6 Å². The van der Waals surface area contributed by atoms with E-state index in [-0.39, 0.29) is 28.3 Å². The molecule has 0 atom stereocenters. The number of benzene rings is 2. The minimum atomic E-state index is -0.795. The summed E-state index contributed by atoms with van der Waals surface area (Å²) in [5.74, 6) is -2.20. The Balaban J connectivity index is 2.40. The summed E-state index contributed by atoms with van der Waals surface area (Å²) in [6.45, 7) is 1.84. The zero-order valence-corrected chi connectivity index (χ0v) is 12.6. The Kier molecular flexibility index (Phi) is 5.07. The van der Waals surface area contributed by atoms with Crippen LogP contribution in [0.2, 0.25) is 5.02 Å². The van der Waals surface area contributed by atoms with Gasteiger partial charge in [-0.15, -0.1) is 0 Å². The highest BCUT2D eigenvalue weighted by Gasteiger charge is 2.25. The molecule has 0 fully saturated rings. The molecule has 0 N–H and O–H groups in total. The Morgan fingerprint density at radius 1 is 0.864 bits per heavy atom. The van der Waals surface area contributed by atoms with E-state index < -0.39 is 17.5 Å². The summed E-state index contributed by atoms with van der Waals surface area (Å²) in [6.07, 6.45) is 0. The van der Waals surface area contributed by atoms with E-state index in [0.29, 0.717) is 0 Å². The van der Waals surface area contributed by atoms with Crippen LogP contribution in [0.3, 0.4) is 0 Å². The van der Waals surface area contributed by atoms with Crippen LogP contribution in [0.15, 0.2) is 48.5 Å². The van der Waals surface area contributed by atoms with Crippen LogP contribution in [0, 0.1) is 0 Å². The molecule has 0 radical (unpaired) electrons. The third-order valence-electron chi connectivity index (χ3n) is 2.99. The summed E-state index contributed by atoms with van der Waals surface area (Å²) in [5.41, 5.74) is 0.174. The van der Waals surface area contributed by atoms with Crippen molar-refractivity contribution in [2.75, 3.05) is 6.61 Å². The van der Waals surface area contributed by atoms with Crippen LogP contribution >= 0.6 is 11.6 Å². The van der Waals surface area contributed by atoms with Crippen molar-refractivity contribution in [3.05, 3.63) is 70.2 Å². The standard InChI is InChI=1S/C17H13ClO4/c1-2-22-17(21)12-8-4-3-7-11(12)15(19)16(20)13-9-5-6-10-14(13)18/h3-10H,2H2,1H3. The molecule has 5 heteroatoms. The summed E-state index contributed by atoms with van der Waals surface area (Å²) < 4.78 is 4.90. The quantitative estimate of drug-likeness (QED) is 0.480. The lowest BCUT2D eigenvalue weighted by atomic mass is 9.97. The molecule has 2 aromatic carbocycles. The first-order chi connectivity index (χ1) is 10.6. The highest BCUT2D eigenvalue weighted by atomic mass is 35.5. The number of rotatable bonds is 5.